The largest absolute Gasteiger partial charge is 0.369 e. The van der Waals surface area contributed by atoms with E-state index < -0.39 is 0 Å². The summed E-state index contributed by atoms with van der Waals surface area (Å²) >= 11 is 0. The lowest BCUT2D eigenvalue weighted by atomic mass is 9.97. The minimum absolute atomic E-state index is 0.141. The standard InChI is InChI=1S/C12H16FN3/c1-3-12(2)8-15-11(14)16(12)10-6-4-5-9(13)7-10/h4-7H,3,8H2,1-2H3,(H2,14,15). The molecule has 0 fully saturated rings. The molecule has 1 aromatic carbocycles. The molecule has 2 N–H and O–H groups in total. The molecule has 0 bridgehead atoms. The van der Waals surface area contributed by atoms with Crippen LogP contribution in [0.3, 0.4) is 0 Å². The second kappa shape index (κ2) is 3.77. The highest BCUT2D eigenvalue weighted by Gasteiger charge is 2.37. The Balaban J connectivity index is 2.42. The predicted octanol–water partition coefficient (Wildman–Crippen LogP) is 2.13. The van der Waals surface area contributed by atoms with Crippen molar-refractivity contribution in [2.45, 2.75) is 25.8 Å². The number of guanidine groups is 1. The average Bonchev–Trinajstić information content (AvgIpc) is 2.56. The smallest absolute Gasteiger partial charge is 0.196 e. The summed E-state index contributed by atoms with van der Waals surface area (Å²) in [5, 5.41) is 0. The van der Waals surface area contributed by atoms with Crippen LogP contribution in [0, 0.1) is 5.82 Å². The Labute approximate surface area is 94.8 Å². The lowest BCUT2D eigenvalue weighted by molar-refractivity contribution is 0.485. The summed E-state index contributed by atoms with van der Waals surface area (Å²) in [7, 11) is 0. The zero-order valence-electron chi connectivity index (χ0n) is 9.57. The van der Waals surface area contributed by atoms with E-state index in [1.165, 1.54) is 12.1 Å². The molecule has 1 aliphatic heterocycles. The molecule has 1 atom stereocenters. The van der Waals surface area contributed by atoms with Crippen LogP contribution in [-0.2, 0) is 0 Å². The molecular weight excluding hydrogens is 205 g/mol. The fourth-order valence-corrected chi connectivity index (χ4v) is 2.00. The Bertz CT molecular complexity index is 430. The fraction of sp³-hybridized carbons (Fsp3) is 0.417. The first kappa shape index (κ1) is 10.9. The van der Waals surface area contributed by atoms with E-state index in [0.29, 0.717) is 12.5 Å². The molecule has 1 aromatic rings. The monoisotopic (exact) mass is 221 g/mol. The van der Waals surface area contributed by atoms with Crippen molar-refractivity contribution in [1.29, 1.82) is 0 Å². The molecule has 2 rings (SSSR count). The van der Waals surface area contributed by atoms with E-state index in [1.807, 2.05) is 11.0 Å². The molecule has 1 unspecified atom stereocenters. The van der Waals surface area contributed by atoms with E-state index in [2.05, 4.69) is 18.8 Å². The quantitative estimate of drug-likeness (QED) is 0.831. The lowest BCUT2D eigenvalue weighted by Gasteiger charge is -2.35. The number of nitrogens with two attached hydrogens (primary N) is 1. The Morgan fingerprint density at radius 2 is 2.31 bits per heavy atom. The number of benzene rings is 1. The lowest BCUT2D eigenvalue weighted by Crippen LogP contribution is -2.49. The molecule has 0 saturated heterocycles. The van der Waals surface area contributed by atoms with Gasteiger partial charge in [0.25, 0.3) is 0 Å². The highest BCUT2D eigenvalue weighted by Crippen LogP contribution is 2.31. The van der Waals surface area contributed by atoms with E-state index in [4.69, 9.17) is 5.73 Å². The number of aliphatic imine (C=N–C) groups is 1. The van der Waals surface area contributed by atoms with Gasteiger partial charge in [0, 0.05) is 5.69 Å². The molecule has 16 heavy (non-hydrogen) atoms. The van der Waals surface area contributed by atoms with Crippen LogP contribution in [0.1, 0.15) is 20.3 Å². The molecule has 3 nitrogen and oxygen atoms in total. The van der Waals surface area contributed by atoms with Gasteiger partial charge >= 0.3 is 0 Å². The summed E-state index contributed by atoms with van der Waals surface area (Å²) in [5.41, 5.74) is 6.49. The average molecular weight is 221 g/mol. The Morgan fingerprint density at radius 1 is 1.56 bits per heavy atom. The van der Waals surface area contributed by atoms with E-state index in [0.717, 1.165) is 12.1 Å². The maximum absolute atomic E-state index is 13.2. The summed E-state index contributed by atoms with van der Waals surface area (Å²) in [6.45, 7) is 4.83. The summed E-state index contributed by atoms with van der Waals surface area (Å²) < 4.78 is 13.2. The van der Waals surface area contributed by atoms with Crippen molar-refractivity contribution in [3.8, 4) is 0 Å². The van der Waals surface area contributed by atoms with Gasteiger partial charge in [0.2, 0.25) is 0 Å². The third kappa shape index (κ3) is 1.64. The molecule has 86 valence electrons. The van der Waals surface area contributed by atoms with E-state index in [9.17, 15) is 4.39 Å². The van der Waals surface area contributed by atoms with E-state index >= 15 is 0 Å². The van der Waals surface area contributed by atoms with Crippen LogP contribution in [-0.4, -0.2) is 18.0 Å². The highest BCUT2D eigenvalue weighted by atomic mass is 19.1. The second-order valence-corrected chi connectivity index (χ2v) is 4.34. The highest BCUT2D eigenvalue weighted by molar-refractivity contribution is 5.98. The molecular formula is C12H16FN3. The summed E-state index contributed by atoms with van der Waals surface area (Å²) in [6, 6.07) is 6.45. The van der Waals surface area contributed by atoms with Gasteiger partial charge in [0.1, 0.15) is 5.82 Å². The van der Waals surface area contributed by atoms with Crippen LogP contribution in [0.5, 0.6) is 0 Å². The van der Waals surface area contributed by atoms with Crippen LogP contribution < -0.4 is 10.6 Å². The predicted molar refractivity (Wildman–Crippen MR) is 64.1 cm³/mol. The molecule has 4 heteroatoms. The fourth-order valence-electron chi connectivity index (χ4n) is 2.00. The van der Waals surface area contributed by atoms with Gasteiger partial charge in [-0.15, -0.1) is 0 Å². The summed E-state index contributed by atoms with van der Waals surface area (Å²) in [5.74, 6) is 0.214. The Kier molecular flexibility index (Phi) is 2.58. The zero-order valence-corrected chi connectivity index (χ0v) is 9.57. The van der Waals surface area contributed by atoms with Gasteiger partial charge < -0.3 is 10.6 Å². The van der Waals surface area contributed by atoms with Crippen LogP contribution in [0.25, 0.3) is 0 Å². The molecule has 0 saturated carbocycles. The van der Waals surface area contributed by atoms with Crippen molar-refractivity contribution in [1.82, 2.24) is 0 Å². The van der Waals surface area contributed by atoms with Gasteiger partial charge in [-0.2, -0.15) is 0 Å². The molecule has 0 radical (unpaired) electrons. The second-order valence-electron chi connectivity index (χ2n) is 4.34. The van der Waals surface area contributed by atoms with Crippen LogP contribution >= 0.6 is 0 Å². The van der Waals surface area contributed by atoms with Crippen molar-refractivity contribution in [3.63, 3.8) is 0 Å². The van der Waals surface area contributed by atoms with Crippen LogP contribution in [0.15, 0.2) is 29.3 Å². The topological polar surface area (TPSA) is 41.6 Å². The Morgan fingerprint density at radius 3 is 2.94 bits per heavy atom. The first-order chi connectivity index (χ1) is 7.57. The van der Waals surface area contributed by atoms with Crippen LogP contribution in [0.4, 0.5) is 10.1 Å². The zero-order chi connectivity index (χ0) is 11.8. The third-order valence-corrected chi connectivity index (χ3v) is 3.18. The maximum atomic E-state index is 13.2. The molecule has 0 amide bonds. The van der Waals surface area contributed by atoms with E-state index in [1.54, 1.807) is 6.07 Å². The molecule has 0 aliphatic carbocycles. The minimum Gasteiger partial charge on any atom is -0.369 e. The normalized spacial score (nSPS) is 24.7. The first-order valence-electron chi connectivity index (χ1n) is 5.42. The van der Waals surface area contributed by atoms with Crippen LogP contribution in [0.2, 0.25) is 0 Å². The molecule has 0 aromatic heterocycles. The first-order valence-corrected chi connectivity index (χ1v) is 5.42. The van der Waals surface area contributed by atoms with Crippen molar-refractivity contribution in [2.24, 2.45) is 10.7 Å². The SMILES string of the molecule is CCC1(C)CN=C(N)N1c1cccc(F)c1. The number of halogens is 1. The number of hydrogen-bond acceptors (Lipinski definition) is 3. The molecule has 1 heterocycles. The van der Waals surface area contributed by atoms with Gasteiger partial charge in [-0.25, -0.2) is 4.39 Å². The van der Waals surface area contributed by atoms with Gasteiger partial charge in [-0.05, 0) is 31.5 Å². The third-order valence-electron chi connectivity index (χ3n) is 3.18. The Hall–Kier alpha value is -1.58. The minimum atomic E-state index is -0.254. The van der Waals surface area contributed by atoms with Gasteiger partial charge in [-0.1, -0.05) is 13.0 Å². The van der Waals surface area contributed by atoms with Crippen molar-refractivity contribution in [2.75, 3.05) is 11.4 Å². The number of nitrogens with zero attached hydrogens (tertiary/aromatic N) is 2. The van der Waals surface area contributed by atoms with E-state index in [-0.39, 0.29) is 11.4 Å². The van der Waals surface area contributed by atoms with Crippen molar-refractivity contribution < 1.29 is 4.39 Å². The van der Waals surface area contributed by atoms with Crippen molar-refractivity contribution >= 4 is 11.6 Å². The number of hydrogen-bond donors (Lipinski definition) is 1. The number of rotatable bonds is 2. The van der Waals surface area contributed by atoms with Gasteiger partial charge in [-0.3, -0.25) is 4.99 Å². The van der Waals surface area contributed by atoms with Gasteiger partial charge in [0.05, 0.1) is 12.1 Å². The van der Waals surface area contributed by atoms with Crippen molar-refractivity contribution in [3.05, 3.63) is 30.1 Å². The number of anilines is 1. The maximum Gasteiger partial charge on any atom is 0.196 e. The summed E-state index contributed by atoms with van der Waals surface area (Å²) in [6.07, 6.45) is 0.910. The summed E-state index contributed by atoms with van der Waals surface area (Å²) in [4.78, 5) is 6.16. The van der Waals surface area contributed by atoms with Gasteiger partial charge in [0.15, 0.2) is 5.96 Å². The molecule has 1 aliphatic rings. The molecule has 0 spiro atoms.